The highest BCUT2D eigenvalue weighted by Gasteiger charge is 2.41. The number of aliphatic carboxylic acids is 1. The maximum absolute atomic E-state index is 14.3. The topological polar surface area (TPSA) is 296 Å². The van der Waals surface area contributed by atoms with Crippen LogP contribution in [0.4, 0.5) is 0 Å². The van der Waals surface area contributed by atoms with Gasteiger partial charge in [-0.1, -0.05) is 53.7 Å². The zero-order valence-electron chi connectivity index (χ0n) is 39.4. The van der Waals surface area contributed by atoms with Crippen LogP contribution in [0.25, 0.3) is 0 Å². The van der Waals surface area contributed by atoms with E-state index in [9.17, 15) is 53.4 Å². The van der Waals surface area contributed by atoms with E-state index in [4.69, 9.17) is 5.73 Å². The van der Waals surface area contributed by atoms with Crippen LogP contribution >= 0.6 is 23.5 Å². The molecule has 2 rings (SSSR count). The predicted octanol–water partition coefficient (Wildman–Crippen LogP) is 1.47. The smallest absolute Gasteiger partial charge is 0.305 e. The van der Waals surface area contributed by atoms with E-state index in [1.807, 2.05) is 34.0 Å². The van der Waals surface area contributed by atoms with Crippen LogP contribution in [0.2, 0.25) is 0 Å². The van der Waals surface area contributed by atoms with E-state index in [0.29, 0.717) is 42.6 Å². The van der Waals surface area contributed by atoms with E-state index in [0.717, 1.165) is 0 Å². The van der Waals surface area contributed by atoms with Crippen molar-refractivity contribution in [1.29, 1.82) is 0 Å². The molecule has 370 valence electrons. The molecule has 1 aliphatic carbocycles. The monoisotopic (exact) mass is 964 g/mol. The minimum absolute atomic E-state index is 0.00253. The van der Waals surface area contributed by atoms with E-state index in [1.165, 1.54) is 46.7 Å². The first-order valence-corrected chi connectivity index (χ1v) is 25.2. The Hall–Kier alpha value is -4.89. The lowest BCUT2D eigenvalue weighted by atomic mass is 9.99. The lowest BCUT2D eigenvalue weighted by molar-refractivity contribution is -0.144. The molecule has 0 bridgehead atoms. The van der Waals surface area contributed by atoms with Crippen LogP contribution in [0.3, 0.4) is 0 Å². The van der Waals surface area contributed by atoms with Gasteiger partial charge in [0.2, 0.25) is 41.4 Å². The van der Waals surface area contributed by atoms with Crippen molar-refractivity contribution >= 4 is 77.1 Å². The molecule has 7 amide bonds. The Labute approximate surface area is 396 Å². The molecule has 21 heteroatoms. The summed E-state index contributed by atoms with van der Waals surface area (Å²) in [5.74, 6) is -5.65. The molecule has 1 aliphatic heterocycles. The SMILES string of the molecule is CSCC[C@H](NC(=O)[C@H](CC(=O)O)NC(=O)[C@@H]1CCCN1C(=O)[C@@H](NC(=O)[C@H](CCSC)NC(=O)[C@H](CC(C)C)NC(=O)[C@@H](N)CC(C)C)C(C)C)C(=O)N[C@H](C=O)/C=C1\C=CC(O)=CC1. The molecular weight excluding hydrogens is 893 g/mol. The Bertz CT molecular complexity index is 1810. The third kappa shape index (κ3) is 19.5. The average Bonchev–Trinajstić information content (AvgIpc) is 3.75. The summed E-state index contributed by atoms with van der Waals surface area (Å²) in [7, 11) is 0. The first kappa shape index (κ1) is 57.2. The summed E-state index contributed by atoms with van der Waals surface area (Å²) in [6.45, 7) is 11.2. The van der Waals surface area contributed by atoms with Gasteiger partial charge >= 0.3 is 5.97 Å². The quantitative estimate of drug-likeness (QED) is 0.0502. The van der Waals surface area contributed by atoms with Crippen molar-refractivity contribution in [1.82, 2.24) is 36.8 Å². The summed E-state index contributed by atoms with van der Waals surface area (Å²) < 4.78 is 0. The standard InChI is InChI=1S/C45H72N8O11S2/c1-25(2)20-31(46)39(58)50-34(21-26(3)4)42(61)49-33(16-19-66-8)41(60)52-38(27(5)6)45(64)53-17-9-10-36(53)44(63)51-35(23-37(56)57)43(62)48-32(15-18-65-7)40(59)47-29(24-54)22-28-11-13-30(55)14-12-28/h11,13-14,22,24-27,29,31-36,38,55H,9-10,12,15-21,23,46H2,1-8H3,(H,47,59)(H,48,62)(H,49,61)(H,50,58)(H,51,63)(H,52,60)(H,56,57)/b28-22+/t29-,31-,32-,33-,34-,35-,36-,38-/m0/s1. The van der Waals surface area contributed by atoms with Crippen LogP contribution in [0.1, 0.15) is 92.9 Å². The van der Waals surface area contributed by atoms with Gasteiger partial charge in [-0.25, -0.2) is 0 Å². The van der Waals surface area contributed by atoms with E-state index < -0.39 is 108 Å². The Morgan fingerprint density at radius 2 is 1.30 bits per heavy atom. The third-order valence-corrected chi connectivity index (χ3v) is 12.1. The second-order valence-electron chi connectivity index (χ2n) is 17.8. The average molecular weight is 965 g/mol. The first-order valence-electron chi connectivity index (χ1n) is 22.4. The highest BCUT2D eigenvalue weighted by molar-refractivity contribution is 7.98. The molecular formula is C45H72N8O11S2. The van der Waals surface area contributed by atoms with Gasteiger partial charge in [-0.3, -0.25) is 38.4 Å². The lowest BCUT2D eigenvalue weighted by Crippen LogP contribution is -2.61. The summed E-state index contributed by atoms with van der Waals surface area (Å²) in [5.41, 5.74) is 6.75. The fourth-order valence-corrected chi connectivity index (χ4v) is 8.28. The molecule has 0 unspecified atom stereocenters. The summed E-state index contributed by atoms with van der Waals surface area (Å²) in [5, 5.41) is 35.2. The number of allylic oxidation sites excluding steroid dienone is 4. The number of thioether (sulfide) groups is 2. The predicted molar refractivity (Wildman–Crippen MR) is 255 cm³/mol. The van der Waals surface area contributed by atoms with Gasteiger partial charge in [0.05, 0.1) is 12.5 Å². The number of hydrogen-bond acceptors (Lipinski definition) is 13. The molecule has 66 heavy (non-hydrogen) atoms. The van der Waals surface area contributed by atoms with E-state index >= 15 is 0 Å². The number of carbonyl (C=O) groups is 9. The first-order chi connectivity index (χ1) is 31.1. The number of rotatable bonds is 28. The highest BCUT2D eigenvalue weighted by atomic mass is 32.2. The number of nitrogens with zero attached hydrogens (tertiary/aromatic N) is 1. The number of nitrogens with one attached hydrogen (secondary N) is 6. The number of carboxylic acid groups (broad SMARTS) is 1. The van der Waals surface area contributed by atoms with E-state index in [1.54, 1.807) is 26.2 Å². The molecule has 0 aromatic carbocycles. The summed E-state index contributed by atoms with van der Waals surface area (Å²) >= 11 is 2.83. The Kier molecular flexibility index (Phi) is 25.1. The zero-order valence-corrected chi connectivity index (χ0v) is 41.1. The van der Waals surface area contributed by atoms with Gasteiger partial charge < -0.3 is 57.5 Å². The second kappa shape index (κ2) is 29.0. The second-order valence-corrected chi connectivity index (χ2v) is 19.7. The molecule has 0 spiro atoms. The number of hydrogen-bond donors (Lipinski definition) is 9. The maximum atomic E-state index is 14.3. The van der Waals surface area contributed by atoms with E-state index in [-0.39, 0.29) is 49.8 Å². The fourth-order valence-electron chi connectivity index (χ4n) is 7.34. The van der Waals surface area contributed by atoms with Crippen molar-refractivity contribution < 1.29 is 53.4 Å². The summed E-state index contributed by atoms with van der Waals surface area (Å²) in [6.07, 6.45) is 11.2. The normalized spacial score (nSPS) is 18.6. The molecule has 1 saturated heterocycles. The largest absolute Gasteiger partial charge is 0.508 e. The van der Waals surface area contributed by atoms with Crippen LogP contribution in [0.5, 0.6) is 0 Å². The number of aliphatic hydroxyl groups excluding tert-OH is 1. The van der Waals surface area contributed by atoms with Crippen LogP contribution in [-0.4, -0.2) is 148 Å². The van der Waals surface area contributed by atoms with Crippen LogP contribution in [0.15, 0.2) is 35.6 Å². The fraction of sp³-hybridized carbons (Fsp3) is 0.667. The minimum Gasteiger partial charge on any atom is -0.508 e. The van der Waals surface area contributed by atoms with Crippen molar-refractivity contribution in [2.75, 3.05) is 30.6 Å². The van der Waals surface area contributed by atoms with Gasteiger partial charge in [0.15, 0.2) is 0 Å². The zero-order chi connectivity index (χ0) is 49.7. The van der Waals surface area contributed by atoms with Crippen LogP contribution in [-0.2, 0) is 43.2 Å². The number of carbonyl (C=O) groups excluding carboxylic acids is 8. The van der Waals surface area contributed by atoms with Gasteiger partial charge in [0, 0.05) is 6.54 Å². The molecule has 1 heterocycles. The minimum atomic E-state index is -1.66. The molecule has 10 N–H and O–H groups in total. The van der Waals surface area contributed by atoms with Crippen LogP contribution in [0, 0.1) is 17.8 Å². The number of likely N-dealkylation sites (tertiary alicyclic amines) is 1. The Morgan fingerprint density at radius 1 is 0.758 bits per heavy atom. The lowest BCUT2D eigenvalue weighted by Gasteiger charge is -2.32. The number of nitrogens with two attached hydrogens (primary N) is 1. The number of carboxylic acids is 1. The Morgan fingerprint density at radius 3 is 1.80 bits per heavy atom. The van der Waals surface area contributed by atoms with Gasteiger partial charge in [0.1, 0.15) is 54.3 Å². The molecule has 0 aromatic heterocycles. The molecule has 0 radical (unpaired) electrons. The van der Waals surface area contributed by atoms with E-state index in [2.05, 4.69) is 31.9 Å². The molecule has 0 saturated carbocycles. The summed E-state index contributed by atoms with van der Waals surface area (Å²) in [6, 6.07) is -9.16. The molecule has 19 nitrogen and oxygen atoms in total. The van der Waals surface area contributed by atoms with Gasteiger partial charge in [-0.2, -0.15) is 23.5 Å². The number of aldehydes is 1. The highest BCUT2D eigenvalue weighted by Crippen LogP contribution is 2.22. The van der Waals surface area contributed by atoms with Crippen molar-refractivity contribution in [2.24, 2.45) is 23.5 Å². The van der Waals surface area contributed by atoms with Crippen molar-refractivity contribution in [3.63, 3.8) is 0 Å². The summed E-state index contributed by atoms with van der Waals surface area (Å²) in [4.78, 5) is 121. The van der Waals surface area contributed by atoms with Crippen LogP contribution < -0.4 is 37.6 Å². The number of amides is 7. The Balaban J connectivity index is 2.27. The third-order valence-electron chi connectivity index (χ3n) is 10.8. The molecule has 8 atom stereocenters. The van der Waals surface area contributed by atoms with Crippen molar-refractivity contribution in [3.8, 4) is 0 Å². The molecule has 1 fully saturated rings. The number of aliphatic hydroxyl groups is 1. The van der Waals surface area contributed by atoms with Gasteiger partial charge in [0.25, 0.3) is 0 Å². The molecule has 2 aliphatic rings. The molecule has 0 aromatic rings. The van der Waals surface area contributed by atoms with Gasteiger partial charge in [-0.05, 0) is 104 Å². The van der Waals surface area contributed by atoms with Gasteiger partial charge in [-0.15, -0.1) is 0 Å². The van der Waals surface area contributed by atoms with Crippen molar-refractivity contribution in [2.45, 2.75) is 141 Å². The maximum Gasteiger partial charge on any atom is 0.305 e. The van der Waals surface area contributed by atoms with Crippen molar-refractivity contribution in [3.05, 3.63) is 35.6 Å².